The molecule has 0 unspecified atom stereocenters. The van der Waals surface area contributed by atoms with Crippen molar-refractivity contribution < 1.29 is 19.4 Å². The molecular formula is C13H15Cl2NO4. The van der Waals surface area contributed by atoms with E-state index in [1.807, 2.05) is 0 Å². The smallest absolute Gasteiger partial charge is 0.415 e. The van der Waals surface area contributed by atoms with Crippen LogP contribution in [0, 0.1) is 0 Å². The van der Waals surface area contributed by atoms with Crippen LogP contribution in [-0.2, 0) is 0 Å². The average molecular weight is 320 g/mol. The number of ether oxygens (including phenoxy) is 2. The molecule has 1 heterocycles. The summed E-state index contributed by atoms with van der Waals surface area (Å²) in [5.74, 6) is 0.509. The molecule has 1 aliphatic rings. The lowest BCUT2D eigenvalue weighted by Gasteiger charge is -2.16. The monoisotopic (exact) mass is 319 g/mol. The summed E-state index contributed by atoms with van der Waals surface area (Å²) in [5.41, 5.74) is 0. The van der Waals surface area contributed by atoms with Gasteiger partial charge in [0.2, 0.25) is 0 Å². The maximum absolute atomic E-state index is 11.9. The topological polar surface area (TPSA) is 59.0 Å². The molecule has 0 saturated carbocycles. The van der Waals surface area contributed by atoms with Crippen LogP contribution in [0.5, 0.6) is 11.5 Å². The van der Waals surface area contributed by atoms with E-state index in [-0.39, 0.29) is 24.0 Å². The van der Waals surface area contributed by atoms with E-state index in [0.717, 1.165) is 12.8 Å². The first-order valence-corrected chi connectivity index (χ1v) is 7.07. The number of halogens is 2. The summed E-state index contributed by atoms with van der Waals surface area (Å²) in [5, 5.41) is 9.28. The predicted octanol–water partition coefficient (Wildman–Crippen LogP) is 2.96. The lowest BCUT2D eigenvalue weighted by molar-refractivity contribution is 0.162. The van der Waals surface area contributed by atoms with Gasteiger partial charge in [0.15, 0.2) is 5.75 Å². The highest BCUT2D eigenvalue weighted by Crippen LogP contribution is 2.36. The predicted molar refractivity (Wildman–Crippen MR) is 75.9 cm³/mol. The second-order valence-electron chi connectivity index (χ2n) is 4.35. The second kappa shape index (κ2) is 7.02. The van der Waals surface area contributed by atoms with Crippen LogP contribution in [0.25, 0.3) is 0 Å². The summed E-state index contributed by atoms with van der Waals surface area (Å²) < 4.78 is 10.5. The normalized spacial score (nSPS) is 14.4. The lowest BCUT2D eigenvalue weighted by atomic mass is 10.3. The second-order valence-corrected chi connectivity index (χ2v) is 5.16. The third-order valence-electron chi connectivity index (χ3n) is 2.90. The zero-order valence-electron chi connectivity index (χ0n) is 10.8. The van der Waals surface area contributed by atoms with Crippen molar-refractivity contribution in [2.24, 2.45) is 0 Å². The van der Waals surface area contributed by atoms with Crippen LogP contribution in [0.3, 0.4) is 0 Å². The number of hydrogen-bond donors (Lipinski definition) is 1. The molecular weight excluding hydrogens is 305 g/mol. The maximum Gasteiger partial charge on any atom is 0.415 e. The minimum atomic E-state index is -0.431. The molecule has 2 rings (SSSR count). The fourth-order valence-electron chi connectivity index (χ4n) is 1.91. The van der Waals surface area contributed by atoms with Gasteiger partial charge in [0, 0.05) is 19.2 Å². The molecule has 0 spiro atoms. The molecule has 110 valence electrons. The molecule has 1 aromatic rings. The molecule has 20 heavy (non-hydrogen) atoms. The first kappa shape index (κ1) is 15.2. The quantitative estimate of drug-likeness (QED) is 0.927. The number of carbonyl (C=O) groups excluding carboxylic acids is 1. The van der Waals surface area contributed by atoms with E-state index in [0.29, 0.717) is 23.9 Å². The Balaban J connectivity index is 2.11. The van der Waals surface area contributed by atoms with Crippen molar-refractivity contribution in [2.45, 2.75) is 12.8 Å². The van der Waals surface area contributed by atoms with Gasteiger partial charge >= 0.3 is 6.09 Å². The van der Waals surface area contributed by atoms with E-state index in [1.54, 1.807) is 4.90 Å². The molecule has 1 fully saturated rings. The van der Waals surface area contributed by atoms with E-state index < -0.39 is 6.09 Å². The largest absolute Gasteiger partial charge is 0.489 e. The summed E-state index contributed by atoms with van der Waals surface area (Å²) in [7, 11) is 0. The van der Waals surface area contributed by atoms with E-state index in [2.05, 4.69) is 0 Å². The van der Waals surface area contributed by atoms with Crippen molar-refractivity contribution in [3.63, 3.8) is 0 Å². The zero-order valence-corrected chi connectivity index (χ0v) is 12.3. The molecule has 1 amide bonds. The van der Waals surface area contributed by atoms with Crippen LogP contribution in [0.2, 0.25) is 10.0 Å². The van der Waals surface area contributed by atoms with E-state index in [1.165, 1.54) is 12.1 Å². The maximum atomic E-state index is 11.9. The Morgan fingerprint density at radius 3 is 2.50 bits per heavy atom. The van der Waals surface area contributed by atoms with Gasteiger partial charge < -0.3 is 19.5 Å². The van der Waals surface area contributed by atoms with Crippen molar-refractivity contribution in [3.05, 3.63) is 22.2 Å². The van der Waals surface area contributed by atoms with Gasteiger partial charge in [-0.15, -0.1) is 0 Å². The molecule has 1 aromatic carbocycles. The van der Waals surface area contributed by atoms with Gasteiger partial charge in [0.1, 0.15) is 12.4 Å². The van der Waals surface area contributed by atoms with Gasteiger partial charge in [0.25, 0.3) is 0 Å². The standard InChI is InChI=1S/C13H15Cl2NO4/c14-9-7-10(15)12(8-11(9)19-6-5-17)20-13(18)16-3-1-2-4-16/h7-8,17H,1-6H2. The number of benzene rings is 1. The number of amides is 1. The fourth-order valence-corrected chi connectivity index (χ4v) is 2.39. The van der Waals surface area contributed by atoms with Gasteiger partial charge in [-0.1, -0.05) is 23.2 Å². The Kier molecular flexibility index (Phi) is 5.34. The van der Waals surface area contributed by atoms with Gasteiger partial charge in [-0.25, -0.2) is 4.79 Å². The summed E-state index contributed by atoms with van der Waals surface area (Å²) in [6.07, 6.45) is 1.53. The van der Waals surface area contributed by atoms with Crippen molar-refractivity contribution in [2.75, 3.05) is 26.3 Å². The summed E-state index contributed by atoms with van der Waals surface area (Å²) >= 11 is 12.0. The Bertz CT molecular complexity index is 490. The molecule has 0 atom stereocenters. The Morgan fingerprint density at radius 1 is 1.20 bits per heavy atom. The van der Waals surface area contributed by atoms with Gasteiger partial charge in [-0.3, -0.25) is 0 Å². The molecule has 0 radical (unpaired) electrons. The SMILES string of the molecule is O=C(Oc1cc(OCCO)c(Cl)cc1Cl)N1CCCC1. The van der Waals surface area contributed by atoms with Crippen LogP contribution >= 0.6 is 23.2 Å². The third-order valence-corrected chi connectivity index (χ3v) is 3.49. The van der Waals surface area contributed by atoms with Crippen LogP contribution in [0.15, 0.2) is 12.1 Å². The molecule has 0 aromatic heterocycles. The summed E-state index contributed by atoms with van der Waals surface area (Å²) in [6.45, 7) is 1.35. The summed E-state index contributed by atoms with van der Waals surface area (Å²) in [4.78, 5) is 13.5. The van der Waals surface area contributed by atoms with Crippen LogP contribution in [-0.4, -0.2) is 42.4 Å². The summed E-state index contributed by atoms with van der Waals surface area (Å²) in [6, 6.07) is 2.90. The number of hydrogen-bond acceptors (Lipinski definition) is 4. The molecule has 1 N–H and O–H groups in total. The van der Waals surface area contributed by atoms with Gasteiger partial charge in [0.05, 0.1) is 16.7 Å². The van der Waals surface area contributed by atoms with Gasteiger partial charge in [-0.05, 0) is 18.9 Å². The van der Waals surface area contributed by atoms with Crippen LogP contribution in [0.1, 0.15) is 12.8 Å². The van der Waals surface area contributed by atoms with Crippen LogP contribution in [0.4, 0.5) is 4.79 Å². The Morgan fingerprint density at radius 2 is 1.85 bits per heavy atom. The van der Waals surface area contributed by atoms with Crippen molar-refractivity contribution in [1.82, 2.24) is 4.90 Å². The minimum Gasteiger partial charge on any atom is -0.489 e. The number of aliphatic hydroxyl groups excluding tert-OH is 1. The zero-order chi connectivity index (χ0) is 14.5. The lowest BCUT2D eigenvalue weighted by Crippen LogP contribution is -2.30. The van der Waals surface area contributed by atoms with Crippen molar-refractivity contribution in [3.8, 4) is 11.5 Å². The average Bonchev–Trinajstić information content (AvgIpc) is 2.94. The molecule has 1 saturated heterocycles. The Hall–Kier alpha value is -1.17. The van der Waals surface area contributed by atoms with E-state index >= 15 is 0 Å². The number of rotatable bonds is 4. The molecule has 5 nitrogen and oxygen atoms in total. The highest BCUT2D eigenvalue weighted by molar-refractivity contribution is 6.36. The van der Waals surface area contributed by atoms with Crippen molar-refractivity contribution in [1.29, 1.82) is 0 Å². The number of aliphatic hydroxyl groups is 1. The highest BCUT2D eigenvalue weighted by atomic mass is 35.5. The van der Waals surface area contributed by atoms with Gasteiger partial charge in [-0.2, -0.15) is 0 Å². The third kappa shape index (κ3) is 3.69. The fraction of sp³-hybridized carbons (Fsp3) is 0.462. The highest BCUT2D eigenvalue weighted by Gasteiger charge is 2.21. The first-order valence-electron chi connectivity index (χ1n) is 6.31. The Labute approximate surface area is 127 Å². The molecule has 0 bridgehead atoms. The molecule has 7 heteroatoms. The molecule has 0 aliphatic carbocycles. The van der Waals surface area contributed by atoms with Crippen LogP contribution < -0.4 is 9.47 Å². The number of nitrogens with zero attached hydrogens (tertiary/aromatic N) is 1. The van der Waals surface area contributed by atoms with E-state index in [9.17, 15) is 4.79 Å². The van der Waals surface area contributed by atoms with Crippen molar-refractivity contribution >= 4 is 29.3 Å². The first-order chi connectivity index (χ1) is 9.61. The van der Waals surface area contributed by atoms with E-state index in [4.69, 9.17) is 37.8 Å². The molecule has 1 aliphatic heterocycles. The number of carbonyl (C=O) groups is 1. The number of likely N-dealkylation sites (tertiary alicyclic amines) is 1. The minimum absolute atomic E-state index is 0.0981.